The molecule has 0 bridgehead atoms. The predicted octanol–water partition coefficient (Wildman–Crippen LogP) is 2.92. The standard InChI is InChI=1S/C17H20N2O3/c1-11-9-19(10-17(22-11)7-4-8-17)16(20)13-5-3-6-14-15(13)18-12(2)21-14/h3,5-6,11H,4,7-10H2,1-2H3. The maximum Gasteiger partial charge on any atom is 0.256 e. The second-order valence-corrected chi connectivity index (χ2v) is 6.54. The number of fused-ring (bicyclic) bond motifs is 1. The van der Waals surface area contributed by atoms with E-state index in [0.717, 1.165) is 12.8 Å². The number of carbonyl (C=O) groups is 1. The van der Waals surface area contributed by atoms with Gasteiger partial charge in [0.15, 0.2) is 11.5 Å². The second kappa shape index (κ2) is 4.81. The van der Waals surface area contributed by atoms with Crippen LogP contribution in [0.4, 0.5) is 0 Å². The van der Waals surface area contributed by atoms with Crippen LogP contribution in [0.1, 0.15) is 42.4 Å². The minimum Gasteiger partial charge on any atom is -0.441 e. The van der Waals surface area contributed by atoms with E-state index in [1.165, 1.54) is 6.42 Å². The number of morpholine rings is 1. The smallest absolute Gasteiger partial charge is 0.256 e. The van der Waals surface area contributed by atoms with Crippen LogP contribution in [0, 0.1) is 6.92 Å². The van der Waals surface area contributed by atoms with Crippen molar-refractivity contribution in [3.8, 4) is 0 Å². The molecule has 2 fully saturated rings. The quantitative estimate of drug-likeness (QED) is 0.812. The molecule has 1 saturated carbocycles. The molecule has 2 aromatic rings. The molecule has 22 heavy (non-hydrogen) atoms. The maximum absolute atomic E-state index is 13.0. The summed E-state index contributed by atoms with van der Waals surface area (Å²) in [6.45, 7) is 5.16. The molecular weight excluding hydrogens is 280 g/mol. The summed E-state index contributed by atoms with van der Waals surface area (Å²) in [6.07, 6.45) is 3.37. The molecule has 2 heterocycles. The van der Waals surface area contributed by atoms with Gasteiger partial charge in [-0.15, -0.1) is 0 Å². The molecule has 0 radical (unpaired) electrons. The Hall–Kier alpha value is -1.88. The first-order chi connectivity index (χ1) is 10.6. The summed E-state index contributed by atoms with van der Waals surface area (Å²) in [6, 6.07) is 5.53. The van der Waals surface area contributed by atoms with E-state index < -0.39 is 0 Å². The number of hydrogen-bond donors (Lipinski definition) is 0. The number of hydrogen-bond acceptors (Lipinski definition) is 4. The molecular formula is C17H20N2O3. The van der Waals surface area contributed by atoms with Crippen LogP contribution in [-0.2, 0) is 4.74 Å². The number of amides is 1. The topological polar surface area (TPSA) is 55.6 Å². The Morgan fingerprint density at radius 2 is 2.23 bits per heavy atom. The third kappa shape index (κ3) is 2.11. The number of carbonyl (C=O) groups excluding carboxylic acids is 1. The van der Waals surface area contributed by atoms with Gasteiger partial charge in [-0.1, -0.05) is 6.07 Å². The van der Waals surface area contributed by atoms with Gasteiger partial charge in [-0.25, -0.2) is 4.98 Å². The Balaban J connectivity index is 1.67. The van der Waals surface area contributed by atoms with Gasteiger partial charge in [0.1, 0.15) is 5.52 Å². The molecule has 1 unspecified atom stereocenters. The van der Waals surface area contributed by atoms with Crippen molar-refractivity contribution in [1.82, 2.24) is 9.88 Å². The molecule has 1 amide bonds. The van der Waals surface area contributed by atoms with E-state index in [4.69, 9.17) is 9.15 Å². The zero-order valence-electron chi connectivity index (χ0n) is 13.0. The highest BCUT2D eigenvalue weighted by Crippen LogP contribution is 2.40. The number of aromatic nitrogens is 1. The summed E-state index contributed by atoms with van der Waals surface area (Å²) in [4.78, 5) is 19.3. The van der Waals surface area contributed by atoms with E-state index in [-0.39, 0.29) is 17.6 Å². The van der Waals surface area contributed by atoms with Crippen molar-refractivity contribution in [3.05, 3.63) is 29.7 Å². The van der Waals surface area contributed by atoms with Crippen LogP contribution in [-0.4, -0.2) is 40.6 Å². The first-order valence-electron chi connectivity index (χ1n) is 7.90. The summed E-state index contributed by atoms with van der Waals surface area (Å²) in [5.41, 5.74) is 1.84. The lowest BCUT2D eigenvalue weighted by atomic mass is 9.78. The van der Waals surface area contributed by atoms with Gasteiger partial charge in [0.05, 0.1) is 23.8 Å². The van der Waals surface area contributed by atoms with Gasteiger partial charge in [-0.2, -0.15) is 0 Å². The van der Waals surface area contributed by atoms with Crippen molar-refractivity contribution < 1.29 is 13.9 Å². The van der Waals surface area contributed by atoms with Crippen molar-refractivity contribution in [2.45, 2.75) is 44.8 Å². The Morgan fingerprint density at radius 3 is 2.95 bits per heavy atom. The highest BCUT2D eigenvalue weighted by molar-refractivity contribution is 6.04. The molecule has 1 aliphatic carbocycles. The van der Waals surface area contributed by atoms with Crippen LogP contribution in [0.15, 0.2) is 22.6 Å². The molecule has 5 nitrogen and oxygen atoms in total. The molecule has 1 aliphatic heterocycles. The average Bonchev–Trinajstić information content (AvgIpc) is 2.84. The van der Waals surface area contributed by atoms with Crippen molar-refractivity contribution in [2.75, 3.05) is 13.1 Å². The largest absolute Gasteiger partial charge is 0.441 e. The van der Waals surface area contributed by atoms with Gasteiger partial charge in [0.25, 0.3) is 5.91 Å². The van der Waals surface area contributed by atoms with Crippen LogP contribution in [0.3, 0.4) is 0 Å². The molecule has 1 aromatic heterocycles. The lowest BCUT2D eigenvalue weighted by Gasteiger charge is -2.50. The van der Waals surface area contributed by atoms with Crippen LogP contribution in [0.5, 0.6) is 0 Å². The molecule has 1 spiro atoms. The molecule has 5 heteroatoms. The fraction of sp³-hybridized carbons (Fsp3) is 0.529. The van der Waals surface area contributed by atoms with Crippen LogP contribution < -0.4 is 0 Å². The lowest BCUT2D eigenvalue weighted by molar-refractivity contribution is -0.176. The molecule has 2 aliphatic rings. The van der Waals surface area contributed by atoms with Crippen LogP contribution >= 0.6 is 0 Å². The van der Waals surface area contributed by atoms with Gasteiger partial charge >= 0.3 is 0 Å². The molecule has 1 saturated heterocycles. The Kier molecular flexibility index (Phi) is 3.01. The SMILES string of the molecule is Cc1nc2c(C(=O)N3CC(C)OC4(CCC4)C3)cccc2o1. The van der Waals surface area contributed by atoms with Crippen molar-refractivity contribution in [3.63, 3.8) is 0 Å². The van der Waals surface area contributed by atoms with E-state index in [1.54, 1.807) is 6.92 Å². The maximum atomic E-state index is 13.0. The Morgan fingerprint density at radius 1 is 1.41 bits per heavy atom. The predicted molar refractivity (Wildman–Crippen MR) is 81.8 cm³/mol. The number of ether oxygens (including phenoxy) is 1. The Bertz CT molecular complexity index is 733. The van der Waals surface area contributed by atoms with E-state index >= 15 is 0 Å². The van der Waals surface area contributed by atoms with Gasteiger partial charge in [-0.3, -0.25) is 4.79 Å². The highest BCUT2D eigenvalue weighted by Gasteiger charge is 2.45. The fourth-order valence-corrected chi connectivity index (χ4v) is 3.63. The van der Waals surface area contributed by atoms with E-state index in [2.05, 4.69) is 4.98 Å². The first-order valence-corrected chi connectivity index (χ1v) is 7.90. The number of aryl methyl sites for hydroxylation is 1. The van der Waals surface area contributed by atoms with Gasteiger partial charge in [0, 0.05) is 13.5 Å². The van der Waals surface area contributed by atoms with E-state index in [1.807, 2.05) is 30.0 Å². The number of oxazole rings is 1. The molecule has 4 rings (SSSR count). The summed E-state index contributed by atoms with van der Waals surface area (Å²) in [5, 5.41) is 0. The van der Waals surface area contributed by atoms with Gasteiger partial charge < -0.3 is 14.1 Å². The highest BCUT2D eigenvalue weighted by atomic mass is 16.5. The van der Waals surface area contributed by atoms with Crippen molar-refractivity contribution in [2.24, 2.45) is 0 Å². The first kappa shape index (κ1) is 13.8. The second-order valence-electron chi connectivity index (χ2n) is 6.54. The normalized spacial score (nSPS) is 23.7. The third-order valence-corrected chi connectivity index (χ3v) is 4.72. The zero-order chi connectivity index (χ0) is 15.3. The minimum atomic E-state index is -0.110. The monoisotopic (exact) mass is 300 g/mol. The Labute approximate surface area is 129 Å². The summed E-state index contributed by atoms with van der Waals surface area (Å²) >= 11 is 0. The van der Waals surface area contributed by atoms with Crippen LogP contribution in [0.2, 0.25) is 0 Å². The lowest BCUT2D eigenvalue weighted by Crippen LogP contribution is -2.59. The van der Waals surface area contributed by atoms with E-state index in [9.17, 15) is 4.79 Å². The number of para-hydroxylation sites is 1. The molecule has 1 atom stereocenters. The fourth-order valence-electron chi connectivity index (χ4n) is 3.63. The van der Waals surface area contributed by atoms with Gasteiger partial charge in [-0.05, 0) is 38.3 Å². The van der Waals surface area contributed by atoms with E-state index in [0.29, 0.717) is 35.6 Å². The van der Waals surface area contributed by atoms with Crippen LogP contribution in [0.25, 0.3) is 11.1 Å². The average molecular weight is 300 g/mol. The van der Waals surface area contributed by atoms with Gasteiger partial charge in [0.2, 0.25) is 0 Å². The minimum absolute atomic E-state index is 0.0281. The summed E-state index contributed by atoms with van der Waals surface area (Å²) in [7, 11) is 0. The number of benzene rings is 1. The number of nitrogens with zero attached hydrogens (tertiary/aromatic N) is 2. The third-order valence-electron chi connectivity index (χ3n) is 4.72. The summed E-state index contributed by atoms with van der Waals surface area (Å²) in [5.74, 6) is 0.612. The zero-order valence-corrected chi connectivity index (χ0v) is 13.0. The molecule has 1 aromatic carbocycles. The molecule has 0 N–H and O–H groups in total. The van der Waals surface area contributed by atoms with Crippen molar-refractivity contribution in [1.29, 1.82) is 0 Å². The van der Waals surface area contributed by atoms with Crippen molar-refractivity contribution >= 4 is 17.0 Å². The number of rotatable bonds is 1. The summed E-state index contributed by atoms with van der Waals surface area (Å²) < 4.78 is 11.6. The molecule has 116 valence electrons.